The Kier molecular flexibility index (Phi) is 4.31. The zero-order valence-corrected chi connectivity index (χ0v) is 12.2. The summed E-state index contributed by atoms with van der Waals surface area (Å²) >= 11 is 0. The molecule has 2 rings (SSSR count). The third kappa shape index (κ3) is 2.71. The Morgan fingerprint density at radius 3 is 2.28 bits per heavy atom. The maximum Gasteiger partial charge on any atom is 0.282 e. The van der Waals surface area contributed by atoms with Gasteiger partial charge in [-0.3, -0.25) is 0 Å². The van der Waals surface area contributed by atoms with Gasteiger partial charge in [0.05, 0.1) is 0 Å². The van der Waals surface area contributed by atoms with Crippen LogP contribution in [0.3, 0.4) is 0 Å². The third-order valence-electron chi connectivity index (χ3n) is 4.42. The van der Waals surface area contributed by atoms with Crippen molar-refractivity contribution >= 4 is 10.2 Å². The summed E-state index contributed by atoms with van der Waals surface area (Å²) in [4.78, 5) is 0. The van der Waals surface area contributed by atoms with E-state index in [9.17, 15) is 8.42 Å². The molecule has 106 valence electrons. The Morgan fingerprint density at radius 2 is 1.78 bits per heavy atom. The molecule has 2 aliphatic rings. The first-order valence-electron chi connectivity index (χ1n) is 6.91. The van der Waals surface area contributed by atoms with Gasteiger partial charge in [-0.1, -0.05) is 26.2 Å². The highest BCUT2D eigenvalue weighted by Crippen LogP contribution is 2.27. The molecule has 1 aliphatic heterocycles. The lowest BCUT2D eigenvalue weighted by Crippen LogP contribution is -2.46. The fourth-order valence-corrected chi connectivity index (χ4v) is 4.69. The summed E-state index contributed by atoms with van der Waals surface area (Å²) in [5, 5.41) is 0. The van der Waals surface area contributed by atoms with E-state index in [1.807, 2.05) is 6.92 Å². The van der Waals surface area contributed by atoms with Gasteiger partial charge in [-0.25, -0.2) is 0 Å². The van der Waals surface area contributed by atoms with Gasteiger partial charge in [-0.2, -0.15) is 17.0 Å². The highest BCUT2D eigenvalue weighted by atomic mass is 32.2. The summed E-state index contributed by atoms with van der Waals surface area (Å²) < 4.78 is 28.2. The van der Waals surface area contributed by atoms with Crippen LogP contribution in [0.25, 0.3) is 0 Å². The van der Waals surface area contributed by atoms with Gasteiger partial charge >= 0.3 is 0 Å². The van der Waals surface area contributed by atoms with E-state index < -0.39 is 10.2 Å². The van der Waals surface area contributed by atoms with E-state index in [2.05, 4.69) is 0 Å². The summed E-state index contributed by atoms with van der Waals surface area (Å²) in [6.07, 6.45) is 5.49. The summed E-state index contributed by atoms with van der Waals surface area (Å²) in [6.45, 7) is 3.03. The molecule has 0 amide bonds. The second kappa shape index (κ2) is 5.45. The largest absolute Gasteiger partial charge is 0.326 e. The van der Waals surface area contributed by atoms with Gasteiger partial charge in [0.25, 0.3) is 10.2 Å². The summed E-state index contributed by atoms with van der Waals surface area (Å²) in [5.74, 6) is 0.250. The van der Waals surface area contributed by atoms with Crippen molar-refractivity contribution in [2.24, 2.45) is 11.7 Å². The minimum Gasteiger partial charge on any atom is -0.326 e. The molecule has 6 heteroatoms. The monoisotopic (exact) mass is 275 g/mol. The molecule has 0 bridgehead atoms. The Morgan fingerprint density at radius 1 is 1.17 bits per heavy atom. The van der Waals surface area contributed by atoms with Crippen LogP contribution in [0.1, 0.15) is 39.0 Å². The molecule has 2 N–H and O–H groups in total. The molecule has 1 saturated carbocycles. The van der Waals surface area contributed by atoms with Crippen molar-refractivity contribution in [2.75, 3.05) is 20.1 Å². The van der Waals surface area contributed by atoms with Crippen LogP contribution < -0.4 is 5.73 Å². The van der Waals surface area contributed by atoms with E-state index in [-0.39, 0.29) is 18.0 Å². The molecule has 0 aromatic carbocycles. The standard InChI is InChI=1S/C12H25N3O2S/c1-10-8-15(9-12(10)13)18(16,17)14(2)11-6-4-3-5-7-11/h10-12H,3-9,13H2,1-2H3. The number of hydrogen-bond donors (Lipinski definition) is 1. The normalized spacial score (nSPS) is 32.2. The lowest BCUT2D eigenvalue weighted by Gasteiger charge is -2.33. The molecule has 0 aromatic heterocycles. The van der Waals surface area contributed by atoms with Crippen LogP contribution in [-0.2, 0) is 10.2 Å². The van der Waals surface area contributed by atoms with E-state index in [1.165, 1.54) is 6.42 Å². The lowest BCUT2D eigenvalue weighted by atomic mass is 9.96. The molecule has 0 aromatic rings. The topological polar surface area (TPSA) is 66.6 Å². The van der Waals surface area contributed by atoms with Crippen LogP contribution in [0.5, 0.6) is 0 Å². The van der Waals surface area contributed by atoms with Crippen molar-refractivity contribution in [3.05, 3.63) is 0 Å². The molecule has 5 nitrogen and oxygen atoms in total. The quantitative estimate of drug-likeness (QED) is 0.827. The second-order valence-corrected chi connectivity index (χ2v) is 7.76. The van der Waals surface area contributed by atoms with Crippen molar-refractivity contribution < 1.29 is 8.42 Å². The van der Waals surface area contributed by atoms with Gasteiger partial charge in [0.1, 0.15) is 0 Å². The summed E-state index contributed by atoms with van der Waals surface area (Å²) in [6, 6.07) is 0.149. The molecule has 2 fully saturated rings. The van der Waals surface area contributed by atoms with Crippen LogP contribution in [0.15, 0.2) is 0 Å². The van der Waals surface area contributed by atoms with E-state index in [0.717, 1.165) is 25.7 Å². The fourth-order valence-electron chi connectivity index (χ4n) is 2.95. The van der Waals surface area contributed by atoms with Crippen LogP contribution in [0, 0.1) is 5.92 Å². The molecular formula is C12H25N3O2S. The maximum absolute atomic E-state index is 12.5. The van der Waals surface area contributed by atoms with Crippen molar-refractivity contribution in [2.45, 2.75) is 51.1 Å². The Labute approximate surface area is 110 Å². The molecule has 1 heterocycles. The molecule has 2 unspecified atom stereocenters. The molecule has 2 atom stereocenters. The van der Waals surface area contributed by atoms with Gasteiger partial charge in [0.15, 0.2) is 0 Å². The molecule has 18 heavy (non-hydrogen) atoms. The van der Waals surface area contributed by atoms with Crippen LogP contribution in [0.2, 0.25) is 0 Å². The van der Waals surface area contributed by atoms with E-state index in [4.69, 9.17) is 5.73 Å². The molecule has 1 aliphatic carbocycles. The minimum absolute atomic E-state index is 0.0282. The number of rotatable bonds is 3. The van der Waals surface area contributed by atoms with Crippen molar-refractivity contribution in [1.29, 1.82) is 0 Å². The van der Waals surface area contributed by atoms with Crippen molar-refractivity contribution in [3.63, 3.8) is 0 Å². The number of hydrogen-bond acceptors (Lipinski definition) is 3. The highest BCUT2D eigenvalue weighted by Gasteiger charge is 2.38. The fraction of sp³-hybridized carbons (Fsp3) is 1.00. The predicted octanol–water partition coefficient (Wildman–Crippen LogP) is 0.775. The van der Waals surface area contributed by atoms with Crippen LogP contribution in [-0.4, -0.2) is 49.2 Å². The zero-order chi connectivity index (χ0) is 13.3. The van der Waals surface area contributed by atoms with E-state index in [1.54, 1.807) is 15.7 Å². The molecular weight excluding hydrogens is 250 g/mol. The van der Waals surface area contributed by atoms with Crippen LogP contribution in [0.4, 0.5) is 0 Å². The predicted molar refractivity (Wildman–Crippen MR) is 72.3 cm³/mol. The average molecular weight is 275 g/mol. The Hall–Kier alpha value is -0.170. The SMILES string of the molecule is CC1CN(S(=O)(=O)N(C)C2CCCCC2)CC1N. The lowest BCUT2D eigenvalue weighted by molar-refractivity contribution is 0.268. The van der Waals surface area contributed by atoms with Crippen LogP contribution >= 0.6 is 0 Å². The first kappa shape index (κ1) is 14.2. The van der Waals surface area contributed by atoms with Crippen molar-refractivity contribution in [3.8, 4) is 0 Å². The molecule has 0 radical (unpaired) electrons. The number of nitrogens with two attached hydrogens (primary N) is 1. The second-order valence-electron chi connectivity index (χ2n) is 5.77. The van der Waals surface area contributed by atoms with Gasteiger partial charge < -0.3 is 5.73 Å². The molecule has 1 saturated heterocycles. The number of nitrogens with zero attached hydrogens (tertiary/aromatic N) is 2. The minimum atomic E-state index is -3.32. The Bertz CT molecular complexity index is 369. The Balaban J connectivity index is 2.06. The van der Waals surface area contributed by atoms with E-state index >= 15 is 0 Å². The highest BCUT2D eigenvalue weighted by molar-refractivity contribution is 7.86. The smallest absolute Gasteiger partial charge is 0.282 e. The summed E-state index contributed by atoms with van der Waals surface area (Å²) in [7, 11) is -1.60. The maximum atomic E-state index is 12.5. The van der Waals surface area contributed by atoms with Crippen molar-refractivity contribution in [1.82, 2.24) is 8.61 Å². The molecule has 0 spiro atoms. The average Bonchev–Trinajstić information content (AvgIpc) is 2.70. The zero-order valence-electron chi connectivity index (χ0n) is 11.4. The van der Waals surface area contributed by atoms with Gasteiger partial charge in [-0.05, 0) is 18.8 Å². The third-order valence-corrected chi connectivity index (χ3v) is 6.39. The first-order valence-corrected chi connectivity index (χ1v) is 8.31. The van der Waals surface area contributed by atoms with E-state index in [0.29, 0.717) is 13.1 Å². The summed E-state index contributed by atoms with van der Waals surface area (Å²) in [5.41, 5.74) is 5.92. The van der Waals surface area contributed by atoms with Gasteiger partial charge in [0, 0.05) is 32.2 Å². The van der Waals surface area contributed by atoms with Gasteiger partial charge in [0.2, 0.25) is 0 Å². The first-order chi connectivity index (χ1) is 8.43. The van der Waals surface area contributed by atoms with Gasteiger partial charge in [-0.15, -0.1) is 0 Å².